The highest BCUT2D eigenvalue weighted by Crippen LogP contribution is 2.08. The highest BCUT2D eigenvalue weighted by Gasteiger charge is 2.22. The second-order valence-corrected chi connectivity index (χ2v) is 7.67. The number of nitrogens with one attached hydrogen (secondary N) is 1. The molecule has 1 aromatic rings. The average Bonchev–Trinajstić information content (AvgIpc) is 2.25. The Labute approximate surface area is 120 Å². The zero-order valence-electron chi connectivity index (χ0n) is 12.3. The Morgan fingerprint density at radius 1 is 1.30 bits per heavy atom. The molecule has 0 fully saturated rings. The number of pyridine rings is 1. The summed E-state index contributed by atoms with van der Waals surface area (Å²) in [4.78, 5) is 15.8. The third kappa shape index (κ3) is 6.12. The second-order valence-electron chi connectivity index (χ2n) is 5.68. The van der Waals surface area contributed by atoms with Crippen molar-refractivity contribution < 1.29 is 13.2 Å². The van der Waals surface area contributed by atoms with Crippen LogP contribution in [0.4, 0.5) is 0 Å². The molecule has 0 saturated carbocycles. The van der Waals surface area contributed by atoms with Crippen LogP contribution in [0.1, 0.15) is 26.3 Å². The van der Waals surface area contributed by atoms with Crippen LogP contribution in [-0.4, -0.2) is 42.0 Å². The average molecular weight is 299 g/mol. The van der Waals surface area contributed by atoms with Crippen LogP contribution in [0.15, 0.2) is 24.5 Å². The lowest BCUT2D eigenvalue weighted by Crippen LogP contribution is -2.46. The number of carbonyl (C=O) groups is 1. The van der Waals surface area contributed by atoms with E-state index in [9.17, 15) is 13.2 Å². The number of nitrogens with zero attached hydrogens (tertiary/aromatic N) is 2. The van der Waals surface area contributed by atoms with Gasteiger partial charge < -0.3 is 5.32 Å². The first-order valence-electron chi connectivity index (χ1n) is 6.23. The summed E-state index contributed by atoms with van der Waals surface area (Å²) in [5.74, 6) is -0.322. The molecule has 0 aromatic carbocycles. The molecule has 1 N–H and O–H groups in total. The number of rotatable bonds is 5. The fourth-order valence-electron chi connectivity index (χ4n) is 1.60. The Hall–Kier alpha value is -1.47. The SMILES string of the molecule is CC(C)(C)NC(=O)CN(Cc1ccncc1)S(C)(=O)=O. The van der Waals surface area contributed by atoms with E-state index < -0.39 is 15.6 Å². The molecule has 1 heterocycles. The van der Waals surface area contributed by atoms with Crippen LogP contribution in [0, 0.1) is 0 Å². The Balaban J connectivity index is 2.79. The van der Waals surface area contributed by atoms with E-state index >= 15 is 0 Å². The Morgan fingerprint density at radius 2 is 1.85 bits per heavy atom. The first kappa shape index (κ1) is 16.6. The molecule has 0 aliphatic carbocycles. The summed E-state index contributed by atoms with van der Waals surface area (Å²) in [5, 5.41) is 2.75. The van der Waals surface area contributed by atoms with Crippen molar-refractivity contribution in [2.45, 2.75) is 32.9 Å². The molecular weight excluding hydrogens is 278 g/mol. The third-order valence-corrected chi connectivity index (χ3v) is 3.61. The molecule has 0 saturated heterocycles. The van der Waals surface area contributed by atoms with E-state index in [2.05, 4.69) is 10.3 Å². The van der Waals surface area contributed by atoms with Gasteiger partial charge in [-0.05, 0) is 38.5 Å². The maximum Gasteiger partial charge on any atom is 0.235 e. The van der Waals surface area contributed by atoms with Crippen molar-refractivity contribution in [3.05, 3.63) is 30.1 Å². The third-order valence-electron chi connectivity index (χ3n) is 2.41. The van der Waals surface area contributed by atoms with Crippen molar-refractivity contribution in [3.8, 4) is 0 Å². The van der Waals surface area contributed by atoms with Gasteiger partial charge in [0.05, 0.1) is 12.8 Å². The lowest BCUT2D eigenvalue weighted by Gasteiger charge is -2.24. The highest BCUT2D eigenvalue weighted by molar-refractivity contribution is 7.88. The minimum absolute atomic E-state index is 0.152. The van der Waals surface area contributed by atoms with Crippen molar-refractivity contribution in [2.75, 3.05) is 12.8 Å². The van der Waals surface area contributed by atoms with Gasteiger partial charge in [-0.3, -0.25) is 9.78 Å². The number of sulfonamides is 1. The topological polar surface area (TPSA) is 79.4 Å². The summed E-state index contributed by atoms with van der Waals surface area (Å²) >= 11 is 0. The van der Waals surface area contributed by atoms with Crippen LogP contribution in [-0.2, 0) is 21.4 Å². The van der Waals surface area contributed by atoms with E-state index in [-0.39, 0.29) is 19.0 Å². The normalized spacial score (nSPS) is 12.4. The van der Waals surface area contributed by atoms with E-state index in [4.69, 9.17) is 0 Å². The quantitative estimate of drug-likeness (QED) is 0.870. The highest BCUT2D eigenvalue weighted by atomic mass is 32.2. The number of hydrogen-bond donors (Lipinski definition) is 1. The summed E-state index contributed by atoms with van der Waals surface area (Å²) in [5.41, 5.74) is 0.394. The van der Waals surface area contributed by atoms with Crippen LogP contribution in [0.2, 0.25) is 0 Å². The molecule has 1 aromatic heterocycles. The lowest BCUT2D eigenvalue weighted by molar-refractivity contribution is -0.122. The first-order valence-corrected chi connectivity index (χ1v) is 8.08. The second kappa shape index (κ2) is 6.32. The van der Waals surface area contributed by atoms with Crippen LogP contribution in [0.25, 0.3) is 0 Å². The van der Waals surface area contributed by atoms with E-state index in [0.717, 1.165) is 16.1 Å². The molecule has 20 heavy (non-hydrogen) atoms. The lowest BCUT2D eigenvalue weighted by atomic mass is 10.1. The van der Waals surface area contributed by atoms with E-state index in [0.29, 0.717) is 0 Å². The number of carbonyl (C=O) groups excluding carboxylic acids is 1. The van der Waals surface area contributed by atoms with E-state index in [1.807, 2.05) is 20.8 Å². The summed E-state index contributed by atoms with van der Waals surface area (Å²) < 4.78 is 24.7. The summed E-state index contributed by atoms with van der Waals surface area (Å²) in [7, 11) is -3.46. The molecule has 1 rings (SSSR count). The molecule has 112 valence electrons. The van der Waals surface area contributed by atoms with Crippen molar-refractivity contribution in [3.63, 3.8) is 0 Å². The van der Waals surface area contributed by atoms with Crippen LogP contribution < -0.4 is 5.32 Å². The monoisotopic (exact) mass is 299 g/mol. The van der Waals surface area contributed by atoms with Gasteiger partial charge in [0.15, 0.2) is 0 Å². The molecular formula is C13H21N3O3S. The van der Waals surface area contributed by atoms with Crippen molar-refractivity contribution in [1.29, 1.82) is 0 Å². The van der Waals surface area contributed by atoms with Gasteiger partial charge in [-0.2, -0.15) is 4.31 Å². The Bertz CT molecular complexity index is 550. The molecule has 0 aliphatic heterocycles. The molecule has 0 aliphatic rings. The zero-order chi connectivity index (χ0) is 15.4. The van der Waals surface area contributed by atoms with Crippen LogP contribution >= 0.6 is 0 Å². The van der Waals surface area contributed by atoms with Crippen molar-refractivity contribution in [1.82, 2.24) is 14.6 Å². The van der Waals surface area contributed by atoms with Crippen molar-refractivity contribution >= 4 is 15.9 Å². The molecule has 6 nitrogen and oxygen atoms in total. The molecule has 0 atom stereocenters. The number of aromatic nitrogens is 1. The van der Waals surface area contributed by atoms with Crippen LogP contribution in [0.3, 0.4) is 0 Å². The summed E-state index contributed by atoms with van der Waals surface area (Å²) in [6.07, 6.45) is 4.27. The van der Waals surface area contributed by atoms with Gasteiger partial charge in [0.2, 0.25) is 15.9 Å². The van der Waals surface area contributed by atoms with Gasteiger partial charge in [0, 0.05) is 24.5 Å². The zero-order valence-corrected chi connectivity index (χ0v) is 13.1. The minimum Gasteiger partial charge on any atom is -0.350 e. The Morgan fingerprint density at radius 3 is 2.30 bits per heavy atom. The maximum absolute atomic E-state index is 11.9. The van der Waals surface area contributed by atoms with Gasteiger partial charge in [0.25, 0.3) is 0 Å². The van der Waals surface area contributed by atoms with E-state index in [1.165, 1.54) is 0 Å². The first-order chi connectivity index (χ1) is 9.08. The molecule has 7 heteroatoms. The maximum atomic E-state index is 11.9. The Kier molecular flexibility index (Phi) is 5.24. The molecule has 0 bridgehead atoms. The fraction of sp³-hybridized carbons (Fsp3) is 0.538. The van der Waals surface area contributed by atoms with E-state index in [1.54, 1.807) is 24.5 Å². The molecule has 1 amide bonds. The minimum atomic E-state index is -3.46. The number of amides is 1. The summed E-state index contributed by atoms with van der Waals surface area (Å²) in [6.45, 7) is 5.49. The fourth-order valence-corrected chi connectivity index (χ4v) is 2.34. The molecule has 0 unspecified atom stereocenters. The largest absolute Gasteiger partial charge is 0.350 e. The van der Waals surface area contributed by atoms with Gasteiger partial charge in [0.1, 0.15) is 0 Å². The predicted molar refractivity (Wildman–Crippen MR) is 77.4 cm³/mol. The standard InChI is InChI=1S/C13H21N3O3S/c1-13(2,3)15-12(17)10-16(20(4,18)19)9-11-5-7-14-8-6-11/h5-8H,9-10H2,1-4H3,(H,15,17). The molecule has 0 spiro atoms. The van der Waals surface area contributed by atoms with Gasteiger partial charge >= 0.3 is 0 Å². The smallest absolute Gasteiger partial charge is 0.235 e. The molecule has 0 radical (unpaired) electrons. The predicted octanol–water partition coefficient (Wildman–Crippen LogP) is 0.758. The summed E-state index contributed by atoms with van der Waals surface area (Å²) in [6, 6.07) is 3.44. The van der Waals surface area contributed by atoms with Crippen LogP contribution in [0.5, 0.6) is 0 Å². The van der Waals surface area contributed by atoms with Gasteiger partial charge in [-0.1, -0.05) is 0 Å². The number of hydrogen-bond acceptors (Lipinski definition) is 4. The van der Waals surface area contributed by atoms with Crippen molar-refractivity contribution in [2.24, 2.45) is 0 Å². The van der Waals surface area contributed by atoms with Gasteiger partial charge in [-0.25, -0.2) is 8.42 Å². The van der Waals surface area contributed by atoms with Gasteiger partial charge in [-0.15, -0.1) is 0 Å².